The maximum absolute atomic E-state index is 4.33. The molecule has 0 bridgehead atoms. The zero-order chi connectivity index (χ0) is 13.1. The van der Waals surface area contributed by atoms with Crippen molar-refractivity contribution < 1.29 is 0 Å². The molecule has 3 rings (SSSR count). The van der Waals surface area contributed by atoms with Crippen LogP contribution in [-0.4, -0.2) is 29.5 Å². The maximum Gasteiger partial charge on any atom is 0.183 e. The summed E-state index contributed by atoms with van der Waals surface area (Å²) in [4.78, 5) is 12.3. The Morgan fingerprint density at radius 1 is 1.16 bits per heavy atom. The molecule has 3 aromatic heterocycles. The number of hydrogen-bond acceptors (Lipinski definition) is 6. The van der Waals surface area contributed by atoms with Gasteiger partial charge in [-0.05, 0) is 6.92 Å². The minimum atomic E-state index is 0.622. The van der Waals surface area contributed by atoms with Crippen molar-refractivity contribution >= 4 is 5.65 Å². The normalized spacial score (nSPS) is 11.0. The number of nitrogens with zero attached hydrogens (tertiary/aromatic N) is 6. The summed E-state index contributed by atoms with van der Waals surface area (Å²) >= 11 is 0. The molecule has 0 spiro atoms. The zero-order valence-corrected chi connectivity index (χ0v) is 10.5. The van der Waals surface area contributed by atoms with Crippen LogP contribution in [0.25, 0.3) is 5.65 Å². The molecular weight excluding hydrogens is 242 g/mol. The average molecular weight is 255 g/mol. The smallest absolute Gasteiger partial charge is 0.183 e. The van der Waals surface area contributed by atoms with Crippen molar-refractivity contribution in [2.45, 2.75) is 20.0 Å². The van der Waals surface area contributed by atoms with Gasteiger partial charge in [0, 0.05) is 43.4 Å². The minimum absolute atomic E-state index is 0.622. The largest absolute Gasteiger partial charge is 0.307 e. The van der Waals surface area contributed by atoms with Gasteiger partial charge in [0.05, 0.1) is 5.69 Å². The fraction of sp³-hybridized carbons (Fsp3) is 0.250. The monoisotopic (exact) mass is 255 g/mol. The van der Waals surface area contributed by atoms with Gasteiger partial charge >= 0.3 is 0 Å². The Labute approximate surface area is 109 Å². The zero-order valence-electron chi connectivity index (χ0n) is 10.5. The number of aromatic nitrogens is 6. The van der Waals surface area contributed by atoms with E-state index in [1.54, 1.807) is 18.6 Å². The lowest BCUT2D eigenvalue weighted by Gasteiger charge is -2.04. The molecule has 19 heavy (non-hydrogen) atoms. The van der Waals surface area contributed by atoms with E-state index in [4.69, 9.17) is 0 Å². The van der Waals surface area contributed by atoms with Crippen LogP contribution in [0.4, 0.5) is 0 Å². The lowest BCUT2D eigenvalue weighted by atomic mass is 10.3. The van der Waals surface area contributed by atoms with Crippen molar-refractivity contribution in [2.75, 3.05) is 0 Å². The van der Waals surface area contributed by atoms with Gasteiger partial charge in [-0.1, -0.05) is 0 Å². The van der Waals surface area contributed by atoms with E-state index >= 15 is 0 Å². The maximum atomic E-state index is 4.33. The van der Waals surface area contributed by atoms with Gasteiger partial charge in [-0.25, -0.2) is 9.97 Å². The van der Waals surface area contributed by atoms with Crippen LogP contribution in [0.2, 0.25) is 0 Å². The van der Waals surface area contributed by atoms with Crippen LogP contribution in [0.5, 0.6) is 0 Å². The molecule has 96 valence electrons. The van der Waals surface area contributed by atoms with Crippen molar-refractivity contribution in [1.82, 2.24) is 34.9 Å². The lowest BCUT2D eigenvalue weighted by Crippen LogP contribution is -2.15. The summed E-state index contributed by atoms with van der Waals surface area (Å²) in [5.74, 6) is 0.857. The molecule has 3 heterocycles. The van der Waals surface area contributed by atoms with Gasteiger partial charge in [0.25, 0.3) is 0 Å². The summed E-state index contributed by atoms with van der Waals surface area (Å²) in [7, 11) is 0. The van der Waals surface area contributed by atoms with E-state index in [2.05, 4.69) is 30.5 Å². The molecule has 0 saturated carbocycles. The number of rotatable bonds is 4. The fourth-order valence-corrected chi connectivity index (χ4v) is 1.86. The molecule has 7 heteroatoms. The Kier molecular flexibility index (Phi) is 3.11. The molecule has 0 aliphatic carbocycles. The third kappa shape index (κ3) is 2.41. The van der Waals surface area contributed by atoms with Crippen molar-refractivity contribution in [3.8, 4) is 0 Å². The summed E-state index contributed by atoms with van der Waals surface area (Å²) in [5.41, 5.74) is 2.70. The Hall–Kier alpha value is -2.41. The van der Waals surface area contributed by atoms with E-state index in [1.807, 2.05) is 17.5 Å². The topological polar surface area (TPSA) is 80.9 Å². The highest BCUT2D eigenvalue weighted by Gasteiger charge is 2.06. The van der Waals surface area contributed by atoms with Crippen molar-refractivity contribution in [3.05, 3.63) is 48.2 Å². The SMILES string of the molecule is Cc1nnc2c(CNCc3cncnc3)nccn12. The molecule has 0 saturated heterocycles. The average Bonchev–Trinajstić information content (AvgIpc) is 2.83. The van der Waals surface area contributed by atoms with Gasteiger partial charge in [-0.2, -0.15) is 0 Å². The van der Waals surface area contributed by atoms with Crippen LogP contribution in [0.3, 0.4) is 0 Å². The first-order valence-corrected chi connectivity index (χ1v) is 5.94. The first-order chi connectivity index (χ1) is 9.34. The van der Waals surface area contributed by atoms with Crippen LogP contribution in [0, 0.1) is 6.92 Å². The fourth-order valence-electron chi connectivity index (χ4n) is 1.86. The predicted octanol–water partition coefficient (Wildman–Crippen LogP) is 0.513. The van der Waals surface area contributed by atoms with Crippen molar-refractivity contribution in [2.24, 2.45) is 0 Å². The summed E-state index contributed by atoms with van der Waals surface area (Å²) in [6, 6.07) is 0. The number of fused-ring (bicyclic) bond motifs is 1. The molecule has 0 fully saturated rings. The Morgan fingerprint density at radius 3 is 2.84 bits per heavy atom. The predicted molar refractivity (Wildman–Crippen MR) is 68.1 cm³/mol. The van der Waals surface area contributed by atoms with Gasteiger partial charge < -0.3 is 5.32 Å². The molecule has 0 amide bonds. The van der Waals surface area contributed by atoms with Gasteiger partial charge in [0.1, 0.15) is 12.2 Å². The second-order valence-electron chi connectivity index (χ2n) is 4.17. The summed E-state index contributed by atoms with van der Waals surface area (Å²) in [5, 5.41) is 11.5. The summed E-state index contributed by atoms with van der Waals surface area (Å²) in [6.45, 7) is 3.23. The van der Waals surface area contributed by atoms with Gasteiger partial charge in [0.15, 0.2) is 5.65 Å². The second-order valence-corrected chi connectivity index (χ2v) is 4.17. The Balaban J connectivity index is 1.72. The van der Waals surface area contributed by atoms with Crippen LogP contribution in [-0.2, 0) is 13.1 Å². The summed E-state index contributed by atoms with van der Waals surface area (Å²) < 4.78 is 1.93. The standard InChI is InChI=1S/C12H13N7/c1-9-17-18-12-11(16-2-3-19(9)12)7-13-4-10-5-14-8-15-6-10/h2-3,5-6,8,13H,4,7H2,1H3. The van der Waals surface area contributed by atoms with Crippen molar-refractivity contribution in [3.63, 3.8) is 0 Å². The third-order valence-electron chi connectivity index (χ3n) is 2.81. The Bertz CT molecular complexity index is 677. The molecule has 0 aliphatic rings. The first kappa shape index (κ1) is 11.7. The highest BCUT2D eigenvalue weighted by atomic mass is 15.3. The lowest BCUT2D eigenvalue weighted by molar-refractivity contribution is 0.675. The van der Waals surface area contributed by atoms with Gasteiger partial charge in [-0.15, -0.1) is 10.2 Å². The number of hydrogen-bond donors (Lipinski definition) is 1. The molecule has 3 aromatic rings. The molecule has 0 aromatic carbocycles. The minimum Gasteiger partial charge on any atom is -0.307 e. The molecule has 1 N–H and O–H groups in total. The van der Waals surface area contributed by atoms with E-state index in [1.165, 1.54) is 6.33 Å². The first-order valence-electron chi connectivity index (χ1n) is 5.94. The van der Waals surface area contributed by atoms with E-state index in [9.17, 15) is 0 Å². The molecular formula is C12H13N7. The quantitative estimate of drug-likeness (QED) is 0.731. The van der Waals surface area contributed by atoms with Crippen molar-refractivity contribution in [1.29, 1.82) is 0 Å². The Morgan fingerprint density at radius 2 is 2.00 bits per heavy atom. The van der Waals surface area contributed by atoms with E-state index in [-0.39, 0.29) is 0 Å². The summed E-state index contributed by atoms with van der Waals surface area (Å²) in [6.07, 6.45) is 8.71. The number of nitrogens with one attached hydrogen (secondary N) is 1. The van der Waals surface area contributed by atoms with Crippen LogP contribution >= 0.6 is 0 Å². The highest BCUT2D eigenvalue weighted by molar-refractivity contribution is 5.42. The van der Waals surface area contributed by atoms with E-state index < -0.39 is 0 Å². The third-order valence-corrected chi connectivity index (χ3v) is 2.81. The van der Waals surface area contributed by atoms with Crippen LogP contribution < -0.4 is 5.32 Å². The second kappa shape index (κ2) is 5.07. The van der Waals surface area contributed by atoms with E-state index in [0.717, 1.165) is 22.7 Å². The molecule has 0 aliphatic heterocycles. The molecule has 0 unspecified atom stereocenters. The van der Waals surface area contributed by atoms with Crippen LogP contribution in [0.15, 0.2) is 31.1 Å². The van der Waals surface area contributed by atoms with E-state index in [0.29, 0.717) is 13.1 Å². The van der Waals surface area contributed by atoms with Gasteiger partial charge in [0.2, 0.25) is 0 Å². The highest BCUT2D eigenvalue weighted by Crippen LogP contribution is 2.06. The molecule has 0 radical (unpaired) electrons. The number of aryl methyl sites for hydroxylation is 1. The molecule has 0 atom stereocenters. The van der Waals surface area contributed by atoms with Crippen LogP contribution in [0.1, 0.15) is 17.1 Å². The van der Waals surface area contributed by atoms with Gasteiger partial charge in [-0.3, -0.25) is 9.38 Å². The molecule has 7 nitrogen and oxygen atoms in total.